The highest BCUT2D eigenvalue weighted by molar-refractivity contribution is 6.39. The van der Waals surface area contributed by atoms with Gasteiger partial charge in [-0.05, 0) is 58.4 Å². The number of methoxy groups -OCH3 is 2. The van der Waals surface area contributed by atoms with Crippen LogP contribution in [-0.2, 0) is 27.4 Å². The maximum Gasteiger partial charge on any atom is 0.410 e. The molecule has 53 heavy (non-hydrogen) atoms. The van der Waals surface area contributed by atoms with Crippen molar-refractivity contribution in [1.29, 1.82) is 0 Å². The highest BCUT2D eigenvalue weighted by atomic mass is 35.5. The molecular formula is C39H43Cl2N5O7. The Hall–Kier alpha value is -4.91. The summed E-state index contributed by atoms with van der Waals surface area (Å²) in [6, 6.07) is 15.6. The number of amides is 2. The van der Waals surface area contributed by atoms with Gasteiger partial charge in [0.1, 0.15) is 17.4 Å². The van der Waals surface area contributed by atoms with E-state index in [-0.39, 0.29) is 25.0 Å². The predicted molar refractivity (Wildman–Crippen MR) is 203 cm³/mol. The minimum absolute atomic E-state index is 0.0424. The number of rotatable bonds is 13. The van der Waals surface area contributed by atoms with Crippen molar-refractivity contribution >= 4 is 41.2 Å². The van der Waals surface area contributed by atoms with E-state index in [9.17, 15) is 19.5 Å². The molecule has 1 unspecified atom stereocenters. The summed E-state index contributed by atoms with van der Waals surface area (Å²) in [5.41, 5.74) is 4.42. The largest absolute Gasteiger partial charge is 0.496 e. The zero-order valence-corrected chi connectivity index (χ0v) is 32.0. The summed E-state index contributed by atoms with van der Waals surface area (Å²) in [7, 11) is 3.05. The van der Waals surface area contributed by atoms with Crippen molar-refractivity contribution in [3.05, 3.63) is 82.0 Å². The van der Waals surface area contributed by atoms with Crippen molar-refractivity contribution in [2.75, 3.05) is 20.8 Å². The topological polar surface area (TPSA) is 152 Å². The number of halogens is 2. The van der Waals surface area contributed by atoms with Crippen molar-refractivity contribution in [2.45, 2.75) is 71.3 Å². The first-order valence-corrected chi connectivity index (χ1v) is 17.8. The van der Waals surface area contributed by atoms with Crippen LogP contribution < -0.4 is 20.1 Å². The van der Waals surface area contributed by atoms with E-state index in [0.29, 0.717) is 80.3 Å². The second-order valence-electron chi connectivity index (χ2n) is 13.7. The van der Waals surface area contributed by atoms with E-state index in [1.165, 1.54) is 7.11 Å². The van der Waals surface area contributed by atoms with Crippen LogP contribution in [0.1, 0.15) is 51.7 Å². The van der Waals surface area contributed by atoms with E-state index in [1.54, 1.807) is 52.0 Å². The molecule has 280 valence electrons. The SMILES string of the molecule is COc1cc(-c2nccc(-c3cccc(-c4ccc(CN(C[C@@H]5CCC(=O)N5)C(=O)OC(C)(C)C)c(OC)n4)c3Cl)c2Cl)ccc1CNC(C)C(=O)O. The molecule has 0 aliphatic carbocycles. The van der Waals surface area contributed by atoms with Gasteiger partial charge in [-0.15, -0.1) is 0 Å². The Bertz CT molecular complexity index is 2000. The monoisotopic (exact) mass is 763 g/mol. The first-order chi connectivity index (χ1) is 25.2. The zero-order valence-electron chi connectivity index (χ0n) is 30.5. The maximum absolute atomic E-state index is 13.3. The minimum atomic E-state index is -0.946. The molecule has 1 fully saturated rings. The fourth-order valence-electron chi connectivity index (χ4n) is 5.91. The van der Waals surface area contributed by atoms with E-state index in [4.69, 9.17) is 42.4 Å². The minimum Gasteiger partial charge on any atom is -0.496 e. The molecule has 4 aromatic rings. The summed E-state index contributed by atoms with van der Waals surface area (Å²) >= 11 is 14.1. The van der Waals surface area contributed by atoms with Crippen LogP contribution >= 0.6 is 23.2 Å². The molecule has 2 aromatic carbocycles. The van der Waals surface area contributed by atoms with E-state index < -0.39 is 23.7 Å². The Labute approximate surface area is 318 Å². The van der Waals surface area contributed by atoms with Crippen LogP contribution in [0.25, 0.3) is 33.6 Å². The van der Waals surface area contributed by atoms with Gasteiger partial charge in [-0.3, -0.25) is 14.6 Å². The van der Waals surface area contributed by atoms with Crippen LogP contribution in [0.3, 0.4) is 0 Å². The van der Waals surface area contributed by atoms with Crippen LogP contribution in [0.4, 0.5) is 4.79 Å². The summed E-state index contributed by atoms with van der Waals surface area (Å²) in [4.78, 5) is 47.3. The molecule has 0 saturated carbocycles. The molecule has 2 aromatic heterocycles. The van der Waals surface area contributed by atoms with Gasteiger partial charge in [-0.25, -0.2) is 9.78 Å². The maximum atomic E-state index is 13.3. The van der Waals surface area contributed by atoms with Crippen molar-refractivity contribution in [3.8, 4) is 45.3 Å². The molecular weight excluding hydrogens is 721 g/mol. The lowest BCUT2D eigenvalue weighted by Crippen LogP contribution is -2.43. The molecule has 0 radical (unpaired) electrons. The number of hydrogen-bond donors (Lipinski definition) is 3. The summed E-state index contributed by atoms with van der Waals surface area (Å²) < 4.78 is 17.0. The highest BCUT2D eigenvalue weighted by Crippen LogP contribution is 2.42. The lowest BCUT2D eigenvalue weighted by Gasteiger charge is -2.29. The smallest absolute Gasteiger partial charge is 0.410 e. The van der Waals surface area contributed by atoms with Crippen LogP contribution in [0.15, 0.2) is 60.8 Å². The van der Waals surface area contributed by atoms with Crippen molar-refractivity contribution in [2.24, 2.45) is 0 Å². The summed E-state index contributed by atoms with van der Waals surface area (Å²) in [5, 5.41) is 15.9. The number of aliphatic carboxylic acids is 1. The number of carbonyl (C=O) groups excluding carboxylic acids is 2. The lowest BCUT2D eigenvalue weighted by atomic mass is 9.99. The number of nitrogens with one attached hydrogen (secondary N) is 2. The van der Waals surface area contributed by atoms with Crippen LogP contribution in [0, 0.1) is 0 Å². The fraction of sp³-hybridized carbons (Fsp3) is 0.359. The zero-order chi connectivity index (χ0) is 38.4. The van der Waals surface area contributed by atoms with Gasteiger partial charge in [0.15, 0.2) is 0 Å². The number of benzene rings is 2. The van der Waals surface area contributed by atoms with Crippen molar-refractivity contribution in [1.82, 2.24) is 25.5 Å². The Morgan fingerprint density at radius 3 is 2.40 bits per heavy atom. The van der Waals surface area contributed by atoms with Gasteiger partial charge in [0.25, 0.3) is 0 Å². The predicted octanol–water partition coefficient (Wildman–Crippen LogP) is 7.38. The Kier molecular flexibility index (Phi) is 12.5. The molecule has 1 aliphatic rings. The fourth-order valence-corrected chi connectivity index (χ4v) is 6.56. The Balaban J connectivity index is 1.43. The van der Waals surface area contributed by atoms with E-state index in [0.717, 1.165) is 5.56 Å². The van der Waals surface area contributed by atoms with Crippen molar-refractivity contribution < 1.29 is 33.7 Å². The Morgan fingerprint density at radius 2 is 1.74 bits per heavy atom. The van der Waals surface area contributed by atoms with Gasteiger partial charge in [-0.1, -0.05) is 53.5 Å². The number of carboxylic acids is 1. The van der Waals surface area contributed by atoms with E-state index >= 15 is 0 Å². The number of aromatic nitrogens is 2. The standard InChI is InChI=1S/C39H43Cl2N5O7/c1-22(37(48)49)43-19-24-11-10-23(18-31(24)51-5)35-34(41)28(16-17-42-35)27-8-7-9-29(33(27)40)30-14-12-25(36(45-30)52-6)20-46(38(50)53-39(2,3)4)21-26-13-15-32(47)44-26/h7-12,14,16-18,22,26,43H,13,15,19-21H2,1-6H3,(H,44,47)(H,48,49)/t22?,26-/m0/s1. The molecule has 0 bridgehead atoms. The van der Waals surface area contributed by atoms with Gasteiger partial charge in [0.2, 0.25) is 11.8 Å². The number of hydrogen-bond acceptors (Lipinski definition) is 9. The average Bonchev–Trinajstić information content (AvgIpc) is 3.54. The highest BCUT2D eigenvalue weighted by Gasteiger charge is 2.29. The molecule has 2 amide bonds. The molecule has 5 rings (SSSR count). The van der Waals surface area contributed by atoms with E-state index in [1.807, 2.05) is 48.5 Å². The molecule has 3 N–H and O–H groups in total. The van der Waals surface area contributed by atoms with E-state index in [2.05, 4.69) is 15.6 Å². The molecule has 2 atom stereocenters. The van der Waals surface area contributed by atoms with Gasteiger partial charge < -0.3 is 34.9 Å². The molecule has 3 heterocycles. The second-order valence-corrected chi connectivity index (χ2v) is 14.4. The summed E-state index contributed by atoms with van der Waals surface area (Å²) in [6.45, 7) is 7.69. The Morgan fingerprint density at radius 1 is 1.02 bits per heavy atom. The van der Waals surface area contributed by atoms with Gasteiger partial charge >= 0.3 is 12.1 Å². The third-order valence-corrected chi connectivity index (χ3v) is 9.44. The van der Waals surface area contributed by atoms with Gasteiger partial charge in [-0.2, -0.15) is 0 Å². The third kappa shape index (κ3) is 9.56. The number of carboxylic acid groups (broad SMARTS) is 1. The van der Waals surface area contributed by atoms with Gasteiger partial charge in [0.05, 0.1) is 42.2 Å². The van der Waals surface area contributed by atoms with Crippen LogP contribution in [0.5, 0.6) is 11.6 Å². The molecule has 12 nitrogen and oxygen atoms in total. The second kappa shape index (κ2) is 16.8. The number of carbonyl (C=O) groups is 3. The lowest BCUT2D eigenvalue weighted by molar-refractivity contribution is -0.139. The molecule has 0 spiro atoms. The number of nitrogens with zero attached hydrogens (tertiary/aromatic N) is 3. The van der Waals surface area contributed by atoms with Crippen LogP contribution in [0.2, 0.25) is 10.0 Å². The van der Waals surface area contributed by atoms with Crippen molar-refractivity contribution in [3.63, 3.8) is 0 Å². The van der Waals surface area contributed by atoms with Crippen LogP contribution in [-0.4, -0.2) is 76.4 Å². The first-order valence-electron chi connectivity index (χ1n) is 17.1. The molecule has 1 saturated heterocycles. The first kappa shape index (κ1) is 39.3. The molecule has 14 heteroatoms. The molecule has 1 aliphatic heterocycles. The number of ether oxygens (including phenoxy) is 3. The summed E-state index contributed by atoms with van der Waals surface area (Å²) in [6.07, 6.45) is 2.18. The number of pyridine rings is 2. The third-order valence-electron chi connectivity index (χ3n) is 8.65. The van der Waals surface area contributed by atoms with Gasteiger partial charge in [0, 0.05) is 65.1 Å². The normalized spacial score (nSPS) is 14.7. The summed E-state index contributed by atoms with van der Waals surface area (Å²) in [5.74, 6) is -0.127. The quantitative estimate of drug-likeness (QED) is 0.126. The average molecular weight is 765 g/mol.